The zero-order valence-corrected chi connectivity index (χ0v) is 20.5. The first-order chi connectivity index (χ1) is 16.3. The minimum Gasteiger partial charge on any atom is -0.348 e. The van der Waals surface area contributed by atoms with E-state index in [-0.39, 0.29) is 18.0 Å². The van der Waals surface area contributed by atoms with Crippen LogP contribution in [0.3, 0.4) is 0 Å². The Morgan fingerprint density at radius 1 is 1.00 bits per heavy atom. The van der Waals surface area contributed by atoms with Crippen molar-refractivity contribution in [1.29, 1.82) is 0 Å². The largest absolute Gasteiger partial charge is 0.348 e. The summed E-state index contributed by atoms with van der Waals surface area (Å²) in [5, 5.41) is 3.82. The number of carbonyl (C=O) groups excluding carboxylic acids is 2. The molecule has 1 N–H and O–H groups in total. The highest BCUT2D eigenvalue weighted by atomic mass is 35.5. The van der Waals surface area contributed by atoms with Gasteiger partial charge in [0.05, 0.1) is 0 Å². The van der Waals surface area contributed by atoms with Crippen LogP contribution in [0.25, 0.3) is 11.1 Å². The summed E-state index contributed by atoms with van der Waals surface area (Å²) in [5.74, 6) is -0.156. The average Bonchev–Trinajstić information content (AvgIpc) is 2.84. The van der Waals surface area contributed by atoms with E-state index in [4.69, 9.17) is 11.6 Å². The van der Waals surface area contributed by atoms with Crippen LogP contribution in [0.1, 0.15) is 33.6 Å². The third kappa shape index (κ3) is 5.57. The molecule has 3 aromatic rings. The number of hydrogen-bond donors (Lipinski definition) is 1. The number of halogens is 1. The minimum absolute atomic E-state index is 0.0182. The van der Waals surface area contributed by atoms with Crippen molar-refractivity contribution in [3.05, 3.63) is 88.2 Å². The SMILES string of the molecule is CN(C)C(=O)N(C)Cc1ccc2c(c1)CCC(NC(=O)c1ccc(-c3ccc(Cl)cc3)cn1)C2. The predicted molar refractivity (Wildman–Crippen MR) is 135 cm³/mol. The van der Waals surface area contributed by atoms with Crippen molar-refractivity contribution >= 4 is 23.5 Å². The lowest BCUT2D eigenvalue weighted by Crippen LogP contribution is -2.39. The van der Waals surface area contributed by atoms with Crippen LogP contribution in [0.4, 0.5) is 4.79 Å². The van der Waals surface area contributed by atoms with Gasteiger partial charge in [-0.3, -0.25) is 9.78 Å². The number of benzene rings is 2. The van der Waals surface area contributed by atoms with Gasteiger partial charge in [-0.2, -0.15) is 0 Å². The van der Waals surface area contributed by atoms with Gasteiger partial charge in [0.25, 0.3) is 5.91 Å². The third-order valence-electron chi connectivity index (χ3n) is 6.14. The van der Waals surface area contributed by atoms with Crippen LogP contribution in [0.2, 0.25) is 5.02 Å². The van der Waals surface area contributed by atoms with Crippen molar-refractivity contribution in [2.75, 3.05) is 21.1 Å². The Kier molecular flexibility index (Phi) is 7.17. The van der Waals surface area contributed by atoms with Crippen molar-refractivity contribution in [3.63, 3.8) is 0 Å². The molecule has 6 nitrogen and oxygen atoms in total. The molecule has 3 amide bonds. The van der Waals surface area contributed by atoms with E-state index >= 15 is 0 Å². The number of aryl methyl sites for hydroxylation is 1. The number of nitrogens with one attached hydrogen (secondary N) is 1. The average molecular weight is 477 g/mol. The lowest BCUT2D eigenvalue weighted by atomic mass is 9.87. The number of carbonyl (C=O) groups is 2. The highest BCUT2D eigenvalue weighted by molar-refractivity contribution is 6.30. The molecule has 1 atom stereocenters. The summed E-state index contributed by atoms with van der Waals surface area (Å²) < 4.78 is 0. The molecule has 0 spiro atoms. The molecule has 0 radical (unpaired) electrons. The van der Waals surface area contributed by atoms with Crippen molar-refractivity contribution in [3.8, 4) is 11.1 Å². The van der Waals surface area contributed by atoms with E-state index in [0.29, 0.717) is 17.3 Å². The number of hydrogen-bond acceptors (Lipinski definition) is 3. The fraction of sp³-hybridized carbons (Fsp3) is 0.296. The van der Waals surface area contributed by atoms with Crippen molar-refractivity contribution in [2.45, 2.75) is 31.8 Å². The molecule has 34 heavy (non-hydrogen) atoms. The van der Waals surface area contributed by atoms with E-state index in [1.165, 1.54) is 11.1 Å². The molecule has 176 valence electrons. The molecule has 1 aliphatic rings. The number of urea groups is 1. The van der Waals surface area contributed by atoms with E-state index in [1.54, 1.807) is 36.2 Å². The van der Waals surface area contributed by atoms with Gasteiger partial charge < -0.3 is 15.1 Å². The minimum atomic E-state index is -0.156. The molecule has 0 aliphatic heterocycles. The number of aromatic nitrogens is 1. The highest BCUT2D eigenvalue weighted by Crippen LogP contribution is 2.24. The summed E-state index contributed by atoms with van der Waals surface area (Å²) in [6.07, 6.45) is 4.27. The number of rotatable bonds is 5. The molecule has 4 rings (SSSR count). The van der Waals surface area contributed by atoms with Crippen LogP contribution < -0.4 is 5.32 Å². The number of amides is 3. The number of nitrogens with zero attached hydrogens (tertiary/aromatic N) is 3. The van der Waals surface area contributed by atoms with Gasteiger partial charge in [0.1, 0.15) is 5.69 Å². The lowest BCUT2D eigenvalue weighted by molar-refractivity contribution is 0.0928. The lowest BCUT2D eigenvalue weighted by Gasteiger charge is -2.27. The van der Waals surface area contributed by atoms with Gasteiger partial charge in [-0.15, -0.1) is 0 Å². The monoisotopic (exact) mass is 476 g/mol. The van der Waals surface area contributed by atoms with Crippen molar-refractivity contribution < 1.29 is 9.59 Å². The van der Waals surface area contributed by atoms with Crippen molar-refractivity contribution in [2.24, 2.45) is 0 Å². The maximum atomic E-state index is 12.8. The molecule has 1 unspecified atom stereocenters. The van der Waals surface area contributed by atoms with Gasteiger partial charge in [0, 0.05) is 50.5 Å². The zero-order chi connectivity index (χ0) is 24.2. The molecule has 1 aliphatic carbocycles. The summed E-state index contributed by atoms with van der Waals surface area (Å²) in [7, 11) is 5.32. The fourth-order valence-electron chi connectivity index (χ4n) is 4.31. The second-order valence-corrected chi connectivity index (χ2v) is 9.42. The molecule has 0 saturated carbocycles. The second kappa shape index (κ2) is 10.3. The highest BCUT2D eigenvalue weighted by Gasteiger charge is 2.22. The maximum Gasteiger partial charge on any atom is 0.319 e. The van der Waals surface area contributed by atoms with Crippen LogP contribution in [0.15, 0.2) is 60.8 Å². The molecule has 0 saturated heterocycles. The topological polar surface area (TPSA) is 65.5 Å². The summed E-state index contributed by atoms with van der Waals surface area (Å²) in [5.41, 5.74) is 6.00. The fourth-order valence-corrected chi connectivity index (χ4v) is 4.44. The molecule has 1 aromatic heterocycles. The van der Waals surface area contributed by atoms with Crippen LogP contribution >= 0.6 is 11.6 Å². The Morgan fingerprint density at radius 3 is 2.41 bits per heavy atom. The number of fused-ring (bicyclic) bond motifs is 1. The third-order valence-corrected chi connectivity index (χ3v) is 6.39. The van der Waals surface area contributed by atoms with Gasteiger partial charge in [0.15, 0.2) is 0 Å². The maximum absolute atomic E-state index is 12.8. The standard InChI is InChI=1S/C27H29ClN4O2/c1-31(2)27(34)32(3)17-18-4-5-21-15-24(12-8-20(21)14-18)30-26(33)25-13-9-22(16-29-25)19-6-10-23(28)11-7-19/h4-7,9-11,13-14,16,24H,8,12,15,17H2,1-3H3,(H,30,33). The number of pyridine rings is 1. The predicted octanol–water partition coefficient (Wildman–Crippen LogP) is 4.80. The van der Waals surface area contributed by atoms with Crippen molar-refractivity contribution in [1.82, 2.24) is 20.1 Å². The first-order valence-corrected chi connectivity index (χ1v) is 11.7. The smallest absolute Gasteiger partial charge is 0.319 e. The molecule has 7 heteroatoms. The molecular formula is C27H29ClN4O2. The molecule has 1 heterocycles. The summed E-state index contributed by atoms with van der Waals surface area (Å²) in [6.45, 7) is 0.572. The normalized spacial score (nSPS) is 14.8. The van der Waals surface area contributed by atoms with Crippen LogP contribution in [-0.4, -0.2) is 53.9 Å². The quantitative estimate of drug-likeness (QED) is 0.575. The van der Waals surface area contributed by atoms with Gasteiger partial charge in [-0.25, -0.2) is 4.79 Å². The Labute approximate surface area is 205 Å². The summed E-state index contributed by atoms with van der Waals surface area (Å²) >= 11 is 5.95. The molecule has 0 fully saturated rings. The Bertz CT molecular complexity index is 1180. The van der Waals surface area contributed by atoms with Gasteiger partial charge in [-0.05, 0) is 59.7 Å². The Morgan fingerprint density at radius 2 is 1.74 bits per heavy atom. The van der Waals surface area contributed by atoms with Gasteiger partial charge in [0.2, 0.25) is 0 Å². The summed E-state index contributed by atoms with van der Waals surface area (Å²) in [6, 6.07) is 17.6. The van der Waals surface area contributed by atoms with E-state index in [2.05, 4.69) is 28.5 Å². The summed E-state index contributed by atoms with van der Waals surface area (Å²) in [4.78, 5) is 32.5. The molecule has 2 aromatic carbocycles. The second-order valence-electron chi connectivity index (χ2n) is 8.99. The first kappa shape index (κ1) is 23.8. The van der Waals surface area contributed by atoms with Crippen LogP contribution in [0.5, 0.6) is 0 Å². The van der Waals surface area contributed by atoms with E-state index in [0.717, 1.165) is 36.0 Å². The Balaban J connectivity index is 1.36. The first-order valence-electron chi connectivity index (χ1n) is 11.4. The van der Waals surface area contributed by atoms with E-state index in [9.17, 15) is 9.59 Å². The van der Waals surface area contributed by atoms with Gasteiger partial charge in [-0.1, -0.05) is 48.0 Å². The van der Waals surface area contributed by atoms with Crippen LogP contribution in [0, 0.1) is 0 Å². The molecule has 0 bridgehead atoms. The van der Waals surface area contributed by atoms with E-state index < -0.39 is 0 Å². The van der Waals surface area contributed by atoms with Gasteiger partial charge >= 0.3 is 6.03 Å². The Hall–Kier alpha value is -3.38. The zero-order valence-electron chi connectivity index (χ0n) is 19.7. The molecular weight excluding hydrogens is 448 g/mol. The van der Waals surface area contributed by atoms with Crippen LogP contribution in [-0.2, 0) is 19.4 Å². The van der Waals surface area contributed by atoms with E-state index in [1.807, 2.05) is 37.4 Å².